The lowest BCUT2D eigenvalue weighted by Crippen LogP contribution is -2.57. The van der Waals surface area contributed by atoms with Crippen molar-refractivity contribution in [1.82, 2.24) is 19.8 Å². The number of amides is 1. The third kappa shape index (κ3) is 6.00. The van der Waals surface area contributed by atoms with E-state index in [0.717, 1.165) is 38.3 Å². The van der Waals surface area contributed by atoms with E-state index < -0.39 is 0 Å². The molecule has 2 aromatic rings. The lowest BCUT2D eigenvalue weighted by Gasteiger charge is -2.45. The molecule has 3 aliphatic rings. The van der Waals surface area contributed by atoms with Gasteiger partial charge in [-0.3, -0.25) is 9.69 Å². The molecule has 5 rings (SSSR count). The fourth-order valence-electron chi connectivity index (χ4n) is 7.06. The van der Waals surface area contributed by atoms with Gasteiger partial charge >= 0.3 is 0 Å². The number of carbonyl (C=O) groups excluding carboxylic acids is 1. The quantitative estimate of drug-likeness (QED) is 0.574. The van der Waals surface area contributed by atoms with Crippen molar-refractivity contribution in [2.75, 3.05) is 19.6 Å². The lowest BCUT2D eigenvalue weighted by molar-refractivity contribution is -0.144. The van der Waals surface area contributed by atoms with Crippen LogP contribution in [-0.4, -0.2) is 51.4 Å². The van der Waals surface area contributed by atoms with E-state index in [1.54, 1.807) is 6.33 Å². The van der Waals surface area contributed by atoms with E-state index in [9.17, 15) is 10.1 Å². The Balaban J connectivity index is 1.34. The summed E-state index contributed by atoms with van der Waals surface area (Å²) in [7, 11) is 0. The molecule has 1 unspecified atom stereocenters. The predicted octanol–water partition coefficient (Wildman–Crippen LogP) is 5.31. The Hall–Kier alpha value is -2.65. The predicted molar refractivity (Wildman–Crippen MR) is 141 cm³/mol. The molecule has 0 radical (unpaired) electrons. The van der Waals surface area contributed by atoms with Crippen LogP contribution in [0.3, 0.4) is 0 Å². The van der Waals surface area contributed by atoms with Gasteiger partial charge in [-0.15, -0.1) is 0 Å². The minimum absolute atomic E-state index is 0.223. The van der Waals surface area contributed by atoms with Crippen LogP contribution in [0, 0.1) is 29.1 Å². The van der Waals surface area contributed by atoms with Crippen molar-refractivity contribution in [2.45, 2.75) is 83.2 Å². The highest BCUT2D eigenvalue weighted by atomic mass is 16.2. The number of imidazole rings is 1. The second kappa shape index (κ2) is 12.1. The number of aromatic amines is 1. The van der Waals surface area contributed by atoms with Crippen LogP contribution in [0.15, 0.2) is 36.8 Å². The molecule has 6 nitrogen and oxygen atoms in total. The van der Waals surface area contributed by atoms with Crippen molar-refractivity contribution in [2.24, 2.45) is 17.8 Å². The summed E-state index contributed by atoms with van der Waals surface area (Å²) in [5.41, 5.74) is 3.03. The number of H-pyrrole nitrogens is 1. The SMILES string of the molecule is N#Cc1ccc(CC2CN(C(=O)C(C3CCCCC3)C3CCCCC3)CCN2Cc2cnc[nH]2)cc1. The van der Waals surface area contributed by atoms with Crippen molar-refractivity contribution in [3.05, 3.63) is 53.6 Å². The summed E-state index contributed by atoms with van der Waals surface area (Å²) in [5, 5.41) is 9.19. The smallest absolute Gasteiger partial charge is 0.226 e. The van der Waals surface area contributed by atoms with Crippen LogP contribution in [0.25, 0.3) is 0 Å². The number of piperazine rings is 1. The number of nitrogens with zero attached hydrogens (tertiary/aromatic N) is 4. The first-order valence-electron chi connectivity index (χ1n) is 14.2. The molecule has 0 bridgehead atoms. The maximum atomic E-state index is 14.3. The second-order valence-corrected chi connectivity index (χ2v) is 11.3. The van der Waals surface area contributed by atoms with Gasteiger partial charge in [-0.2, -0.15) is 5.26 Å². The average Bonchev–Trinajstić information content (AvgIpc) is 3.45. The van der Waals surface area contributed by atoms with Gasteiger partial charge in [0.1, 0.15) is 0 Å². The van der Waals surface area contributed by atoms with Crippen molar-refractivity contribution >= 4 is 5.91 Å². The number of carbonyl (C=O) groups is 1. The molecule has 1 aliphatic heterocycles. The largest absolute Gasteiger partial charge is 0.347 e. The van der Waals surface area contributed by atoms with Crippen molar-refractivity contribution < 1.29 is 4.79 Å². The number of aromatic nitrogens is 2. The average molecular weight is 488 g/mol. The molecule has 1 aromatic heterocycles. The molecular formula is C30H41N5O. The summed E-state index contributed by atoms with van der Waals surface area (Å²) in [4.78, 5) is 26.5. The van der Waals surface area contributed by atoms with Crippen molar-refractivity contribution in [1.29, 1.82) is 5.26 Å². The van der Waals surface area contributed by atoms with E-state index in [1.165, 1.54) is 69.8 Å². The standard InChI is InChI=1S/C30H41N5O/c31-18-24-13-11-23(12-14-24)17-28-21-35(16-15-34(28)20-27-19-32-22-33-27)30(36)29(25-7-3-1-4-8-25)26-9-5-2-6-10-26/h11-14,19,22,25-26,28-29H,1-10,15-17,20-21H2,(H,32,33). The monoisotopic (exact) mass is 487 g/mol. The Labute approximate surface area is 216 Å². The molecule has 1 aromatic carbocycles. The Bertz CT molecular complexity index is 981. The number of hydrogen-bond acceptors (Lipinski definition) is 4. The summed E-state index contributed by atoms with van der Waals surface area (Å²) < 4.78 is 0. The minimum Gasteiger partial charge on any atom is -0.347 e. The second-order valence-electron chi connectivity index (χ2n) is 11.3. The van der Waals surface area contributed by atoms with E-state index in [0.29, 0.717) is 23.3 Å². The first-order chi connectivity index (χ1) is 17.7. The summed E-state index contributed by atoms with van der Waals surface area (Å²) in [5.74, 6) is 1.82. The van der Waals surface area contributed by atoms with Crippen LogP contribution in [0.2, 0.25) is 0 Å². The van der Waals surface area contributed by atoms with Gasteiger partial charge in [0, 0.05) is 50.0 Å². The molecule has 2 aliphatic carbocycles. The van der Waals surface area contributed by atoms with E-state index >= 15 is 0 Å². The fourth-order valence-corrected chi connectivity index (χ4v) is 7.06. The number of nitriles is 1. The van der Waals surface area contributed by atoms with Gasteiger partial charge in [-0.1, -0.05) is 50.7 Å². The Kier molecular flexibility index (Phi) is 8.38. The molecule has 1 saturated heterocycles. The van der Waals surface area contributed by atoms with Gasteiger partial charge < -0.3 is 9.88 Å². The molecule has 0 spiro atoms. The molecular weight excluding hydrogens is 446 g/mol. The van der Waals surface area contributed by atoms with Gasteiger partial charge in [0.05, 0.1) is 18.0 Å². The molecule has 3 fully saturated rings. The van der Waals surface area contributed by atoms with Crippen LogP contribution in [0.4, 0.5) is 0 Å². The van der Waals surface area contributed by atoms with Crippen molar-refractivity contribution in [3.8, 4) is 6.07 Å². The Morgan fingerprint density at radius 1 is 1.00 bits per heavy atom. The van der Waals surface area contributed by atoms with E-state index in [4.69, 9.17) is 0 Å². The molecule has 1 N–H and O–H groups in total. The fraction of sp³-hybridized carbons (Fsp3) is 0.633. The maximum absolute atomic E-state index is 14.3. The van der Waals surface area contributed by atoms with Gasteiger partial charge in [0.2, 0.25) is 5.91 Å². The van der Waals surface area contributed by atoms with E-state index in [2.05, 4.69) is 38.0 Å². The van der Waals surface area contributed by atoms with Crippen molar-refractivity contribution in [3.63, 3.8) is 0 Å². The van der Waals surface area contributed by atoms with Gasteiger partial charge in [0.15, 0.2) is 0 Å². The first-order valence-corrected chi connectivity index (χ1v) is 14.2. The van der Waals surface area contributed by atoms with Crippen LogP contribution < -0.4 is 0 Å². The van der Waals surface area contributed by atoms with Gasteiger partial charge in [-0.05, 0) is 61.6 Å². The molecule has 1 amide bonds. The number of nitrogens with one attached hydrogen (secondary N) is 1. The lowest BCUT2D eigenvalue weighted by atomic mass is 9.69. The van der Waals surface area contributed by atoms with E-state index in [-0.39, 0.29) is 12.0 Å². The highest BCUT2D eigenvalue weighted by Crippen LogP contribution is 2.41. The number of hydrogen-bond donors (Lipinski definition) is 1. The molecule has 1 atom stereocenters. The zero-order valence-electron chi connectivity index (χ0n) is 21.6. The molecule has 2 heterocycles. The molecule has 6 heteroatoms. The maximum Gasteiger partial charge on any atom is 0.226 e. The number of rotatable bonds is 7. The zero-order chi connectivity index (χ0) is 24.7. The van der Waals surface area contributed by atoms with Crippen LogP contribution >= 0.6 is 0 Å². The van der Waals surface area contributed by atoms with Crippen LogP contribution in [0.5, 0.6) is 0 Å². The highest BCUT2D eigenvalue weighted by Gasteiger charge is 2.40. The van der Waals surface area contributed by atoms with Gasteiger partial charge in [-0.25, -0.2) is 4.98 Å². The Morgan fingerprint density at radius 2 is 1.67 bits per heavy atom. The zero-order valence-corrected chi connectivity index (χ0v) is 21.6. The minimum atomic E-state index is 0.223. The third-order valence-electron chi connectivity index (χ3n) is 9.00. The van der Waals surface area contributed by atoms with Crippen LogP contribution in [-0.2, 0) is 17.8 Å². The summed E-state index contributed by atoms with van der Waals surface area (Å²) >= 11 is 0. The highest BCUT2D eigenvalue weighted by molar-refractivity contribution is 5.79. The molecule has 192 valence electrons. The molecule has 2 saturated carbocycles. The topological polar surface area (TPSA) is 76.0 Å². The summed E-state index contributed by atoms with van der Waals surface area (Å²) in [6, 6.07) is 10.4. The van der Waals surface area contributed by atoms with Gasteiger partial charge in [0.25, 0.3) is 0 Å². The number of benzene rings is 1. The normalized spacial score (nSPS) is 22.6. The molecule has 36 heavy (non-hydrogen) atoms. The Morgan fingerprint density at radius 3 is 2.25 bits per heavy atom. The summed E-state index contributed by atoms with van der Waals surface area (Å²) in [6.45, 7) is 3.29. The van der Waals surface area contributed by atoms with Crippen LogP contribution in [0.1, 0.15) is 81.0 Å². The first kappa shape index (κ1) is 25.0. The summed E-state index contributed by atoms with van der Waals surface area (Å²) in [6.07, 6.45) is 17.3. The van der Waals surface area contributed by atoms with E-state index in [1.807, 2.05) is 18.3 Å². The third-order valence-corrected chi connectivity index (χ3v) is 9.00.